The van der Waals surface area contributed by atoms with Crippen molar-refractivity contribution in [2.45, 2.75) is 0 Å². The van der Waals surface area contributed by atoms with Crippen LogP contribution in [0.15, 0.2) is 64.1 Å². The van der Waals surface area contributed by atoms with Crippen LogP contribution in [0, 0.1) is 0 Å². The van der Waals surface area contributed by atoms with Crippen LogP contribution in [-0.4, -0.2) is 15.9 Å². The van der Waals surface area contributed by atoms with E-state index in [9.17, 15) is 5.11 Å². The molecular formula is C17H14ClN3OS. The van der Waals surface area contributed by atoms with Crippen LogP contribution in [0.5, 0.6) is 5.75 Å². The summed E-state index contributed by atoms with van der Waals surface area (Å²) in [6.45, 7) is 0. The second-order valence-electron chi connectivity index (χ2n) is 4.88. The Morgan fingerprint density at radius 1 is 1.17 bits per heavy atom. The molecule has 0 aliphatic carbocycles. The molecule has 23 heavy (non-hydrogen) atoms. The number of benzene rings is 2. The first-order valence-electron chi connectivity index (χ1n) is 6.90. The number of phenols is 1. The Labute approximate surface area is 142 Å². The highest BCUT2D eigenvalue weighted by atomic mass is 35.5. The molecule has 1 N–H and O–H groups in total. The molecule has 1 aromatic heterocycles. The number of hydrogen-bond acceptors (Lipinski definition) is 4. The van der Waals surface area contributed by atoms with Gasteiger partial charge in [0.1, 0.15) is 5.75 Å². The zero-order chi connectivity index (χ0) is 16.2. The van der Waals surface area contributed by atoms with Gasteiger partial charge in [-0.25, -0.2) is 0 Å². The maximum atomic E-state index is 9.60. The van der Waals surface area contributed by atoms with Crippen molar-refractivity contribution in [2.75, 3.05) is 0 Å². The highest BCUT2D eigenvalue weighted by molar-refractivity contribution is 7.07. The summed E-state index contributed by atoms with van der Waals surface area (Å²) < 4.78 is 1.93. The van der Waals surface area contributed by atoms with E-state index in [4.69, 9.17) is 11.6 Å². The lowest BCUT2D eigenvalue weighted by molar-refractivity contribution is 0.475. The average Bonchev–Trinajstić information content (AvgIpc) is 2.90. The van der Waals surface area contributed by atoms with Gasteiger partial charge in [0.2, 0.25) is 4.80 Å². The van der Waals surface area contributed by atoms with E-state index < -0.39 is 0 Å². The SMILES string of the molecule is Cn1c(-c2cccc(O)c2)cs/c1=N\N=C/c1ccccc1Cl. The third-order valence-electron chi connectivity index (χ3n) is 3.31. The van der Waals surface area contributed by atoms with E-state index in [1.807, 2.05) is 53.4 Å². The molecule has 2 aromatic carbocycles. The molecule has 0 aliphatic rings. The summed E-state index contributed by atoms with van der Waals surface area (Å²) >= 11 is 7.56. The molecule has 4 nitrogen and oxygen atoms in total. The summed E-state index contributed by atoms with van der Waals surface area (Å²) in [5, 5.41) is 20.6. The molecule has 116 valence electrons. The first-order valence-corrected chi connectivity index (χ1v) is 8.16. The van der Waals surface area contributed by atoms with Crippen molar-refractivity contribution < 1.29 is 5.11 Å². The minimum Gasteiger partial charge on any atom is -0.508 e. The molecule has 0 amide bonds. The first kappa shape index (κ1) is 15.5. The Morgan fingerprint density at radius 3 is 2.78 bits per heavy atom. The lowest BCUT2D eigenvalue weighted by Crippen LogP contribution is -2.10. The van der Waals surface area contributed by atoms with Gasteiger partial charge >= 0.3 is 0 Å². The molecule has 0 fully saturated rings. The monoisotopic (exact) mass is 343 g/mol. The van der Waals surface area contributed by atoms with Gasteiger partial charge in [-0.05, 0) is 18.2 Å². The highest BCUT2D eigenvalue weighted by Gasteiger charge is 2.05. The molecule has 6 heteroatoms. The molecule has 0 saturated carbocycles. The van der Waals surface area contributed by atoms with Crippen LogP contribution < -0.4 is 4.80 Å². The lowest BCUT2D eigenvalue weighted by Gasteiger charge is -2.02. The second kappa shape index (κ2) is 6.81. The van der Waals surface area contributed by atoms with E-state index in [-0.39, 0.29) is 5.75 Å². The number of phenolic OH excluding ortho intramolecular Hbond substituents is 1. The van der Waals surface area contributed by atoms with E-state index >= 15 is 0 Å². The molecule has 3 aromatic rings. The summed E-state index contributed by atoms with van der Waals surface area (Å²) in [7, 11) is 1.92. The number of aromatic nitrogens is 1. The topological polar surface area (TPSA) is 49.9 Å². The molecule has 0 saturated heterocycles. The van der Waals surface area contributed by atoms with Crippen LogP contribution in [0.2, 0.25) is 5.02 Å². The zero-order valence-corrected chi connectivity index (χ0v) is 13.9. The van der Waals surface area contributed by atoms with Crippen molar-refractivity contribution in [3.8, 4) is 17.0 Å². The van der Waals surface area contributed by atoms with Gasteiger partial charge in [-0.1, -0.05) is 41.9 Å². The Hall–Kier alpha value is -2.37. The lowest BCUT2D eigenvalue weighted by atomic mass is 10.1. The third kappa shape index (κ3) is 3.52. The van der Waals surface area contributed by atoms with Crippen molar-refractivity contribution in [3.05, 3.63) is 69.3 Å². The van der Waals surface area contributed by atoms with E-state index in [1.54, 1.807) is 18.3 Å². The normalized spacial score (nSPS) is 12.2. The van der Waals surface area contributed by atoms with Gasteiger partial charge in [-0.15, -0.1) is 16.4 Å². The van der Waals surface area contributed by atoms with Crippen LogP contribution in [0.3, 0.4) is 0 Å². The molecule has 0 radical (unpaired) electrons. The van der Waals surface area contributed by atoms with Crippen molar-refractivity contribution in [1.29, 1.82) is 0 Å². The van der Waals surface area contributed by atoms with Crippen LogP contribution >= 0.6 is 22.9 Å². The largest absolute Gasteiger partial charge is 0.508 e. The van der Waals surface area contributed by atoms with E-state index in [0.29, 0.717) is 5.02 Å². The molecule has 1 heterocycles. The van der Waals surface area contributed by atoms with Crippen molar-refractivity contribution in [3.63, 3.8) is 0 Å². The summed E-state index contributed by atoms with van der Waals surface area (Å²) in [5.41, 5.74) is 2.73. The summed E-state index contributed by atoms with van der Waals surface area (Å²) in [4.78, 5) is 0.756. The second-order valence-corrected chi connectivity index (χ2v) is 6.12. The standard InChI is InChI=1S/C17H14ClN3OS/c1-21-16(12-6-4-7-14(22)9-12)11-23-17(21)20-19-10-13-5-2-3-8-15(13)18/h2-11,22H,1H3/b19-10-,20-17-. The number of aromatic hydroxyl groups is 1. The molecule has 0 unspecified atom stereocenters. The van der Waals surface area contributed by atoms with Gasteiger partial charge in [-0.3, -0.25) is 0 Å². The maximum Gasteiger partial charge on any atom is 0.210 e. The Balaban J connectivity index is 1.92. The Bertz CT molecular complexity index is 927. The van der Waals surface area contributed by atoms with Gasteiger partial charge < -0.3 is 9.67 Å². The number of thiazole rings is 1. The van der Waals surface area contributed by atoms with Gasteiger partial charge in [0.25, 0.3) is 0 Å². The smallest absolute Gasteiger partial charge is 0.210 e. The fourth-order valence-corrected chi connectivity index (χ4v) is 3.15. The Morgan fingerprint density at radius 2 is 2.00 bits per heavy atom. The van der Waals surface area contributed by atoms with Gasteiger partial charge in [0.15, 0.2) is 0 Å². The number of rotatable bonds is 3. The Kier molecular flexibility index (Phi) is 4.60. The fraction of sp³-hybridized carbons (Fsp3) is 0.0588. The zero-order valence-electron chi connectivity index (χ0n) is 12.3. The van der Waals surface area contributed by atoms with E-state index in [1.165, 1.54) is 11.3 Å². The predicted octanol–water partition coefficient (Wildman–Crippen LogP) is 4.05. The van der Waals surface area contributed by atoms with Crippen molar-refractivity contribution in [1.82, 2.24) is 4.57 Å². The number of hydrogen-bond donors (Lipinski definition) is 1. The average molecular weight is 344 g/mol. The van der Waals surface area contributed by atoms with Gasteiger partial charge in [0, 0.05) is 28.6 Å². The molecule has 0 spiro atoms. The van der Waals surface area contributed by atoms with E-state index in [0.717, 1.165) is 21.6 Å². The van der Waals surface area contributed by atoms with Crippen LogP contribution in [-0.2, 0) is 7.05 Å². The maximum absolute atomic E-state index is 9.60. The van der Waals surface area contributed by atoms with Crippen molar-refractivity contribution >= 4 is 29.2 Å². The predicted molar refractivity (Wildman–Crippen MR) is 95.0 cm³/mol. The minimum absolute atomic E-state index is 0.240. The molecular weight excluding hydrogens is 330 g/mol. The first-order chi connectivity index (χ1) is 11.1. The molecule has 0 bridgehead atoms. The van der Waals surface area contributed by atoms with Crippen LogP contribution in [0.1, 0.15) is 5.56 Å². The molecule has 0 atom stereocenters. The van der Waals surface area contributed by atoms with E-state index in [2.05, 4.69) is 10.2 Å². The molecule has 3 rings (SSSR count). The van der Waals surface area contributed by atoms with Crippen LogP contribution in [0.4, 0.5) is 0 Å². The number of nitrogens with zero attached hydrogens (tertiary/aromatic N) is 3. The van der Waals surface area contributed by atoms with Gasteiger partial charge in [-0.2, -0.15) is 5.10 Å². The minimum atomic E-state index is 0.240. The quantitative estimate of drug-likeness (QED) is 0.566. The van der Waals surface area contributed by atoms with Crippen molar-refractivity contribution in [2.24, 2.45) is 17.3 Å². The molecule has 0 aliphatic heterocycles. The summed E-state index contributed by atoms with van der Waals surface area (Å²) in [6, 6.07) is 14.6. The third-order valence-corrected chi connectivity index (χ3v) is 4.56. The van der Waals surface area contributed by atoms with Crippen LogP contribution in [0.25, 0.3) is 11.3 Å². The fourth-order valence-electron chi connectivity index (χ4n) is 2.11. The summed E-state index contributed by atoms with van der Waals surface area (Å²) in [6.07, 6.45) is 1.63. The summed E-state index contributed by atoms with van der Waals surface area (Å²) in [5.74, 6) is 0.240. The highest BCUT2D eigenvalue weighted by Crippen LogP contribution is 2.22. The van der Waals surface area contributed by atoms with Gasteiger partial charge in [0.05, 0.1) is 11.9 Å². The number of halogens is 1.